The fourth-order valence-corrected chi connectivity index (χ4v) is 3.18. The maximum absolute atomic E-state index is 8.86. The van der Waals surface area contributed by atoms with Crippen molar-refractivity contribution in [2.45, 2.75) is 13.0 Å². The maximum Gasteiger partial charge on any atom is 0.132 e. The predicted molar refractivity (Wildman–Crippen MR) is 114 cm³/mol. The van der Waals surface area contributed by atoms with Crippen LogP contribution < -0.4 is 4.74 Å². The van der Waals surface area contributed by atoms with Crippen molar-refractivity contribution < 1.29 is 9.94 Å². The maximum atomic E-state index is 8.86. The second-order valence-corrected chi connectivity index (χ2v) is 6.92. The van der Waals surface area contributed by atoms with Crippen molar-refractivity contribution >= 4 is 28.8 Å². The van der Waals surface area contributed by atoms with Crippen LogP contribution in [0, 0.1) is 0 Å². The second kappa shape index (κ2) is 8.71. The Morgan fingerprint density at radius 1 is 0.862 bits per heavy atom. The summed E-state index contributed by atoms with van der Waals surface area (Å²) in [5.74, 6) is 0.609. The summed E-state index contributed by atoms with van der Waals surface area (Å²) in [6.07, 6.45) is 1.96. The SMILES string of the molecule is O/N=C/c1ccccc1OCc1nc2ccccc2nc1Cc1ccc(Cl)cc1. The van der Waals surface area contributed by atoms with Crippen LogP contribution in [0.25, 0.3) is 11.0 Å². The lowest BCUT2D eigenvalue weighted by molar-refractivity contribution is 0.298. The topological polar surface area (TPSA) is 67.6 Å². The van der Waals surface area contributed by atoms with Crippen LogP contribution in [0.3, 0.4) is 0 Å². The zero-order valence-electron chi connectivity index (χ0n) is 15.5. The van der Waals surface area contributed by atoms with Gasteiger partial charge in [0.15, 0.2) is 0 Å². The van der Waals surface area contributed by atoms with Crippen molar-refractivity contribution in [2.75, 3.05) is 0 Å². The number of rotatable bonds is 6. The van der Waals surface area contributed by atoms with E-state index >= 15 is 0 Å². The first-order valence-electron chi connectivity index (χ1n) is 9.11. The van der Waals surface area contributed by atoms with Gasteiger partial charge in [-0.25, -0.2) is 9.97 Å². The van der Waals surface area contributed by atoms with Gasteiger partial charge < -0.3 is 9.94 Å². The van der Waals surface area contributed by atoms with Gasteiger partial charge in [-0.15, -0.1) is 0 Å². The molecule has 5 nitrogen and oxygen atoms in total. The Labute approximate surface area is 173 Å². The molecule has 1 N–H and O–H groups in total. The molecule has 4 aromatic rings. The smallest absolute Gasteiger partial charge is 0.132 e. The highest BCUT2D eigenvalue weighted by Gasteiger charge is 2.12. The highest BCUT2D eigenvalue weighted by molar-refractivity contribution is 6.30. The van der Waals surface area contributed by atoms with Crippen LogP contribution in [-0.2, 0) is 13.0 Å². The summed E-state index contributed by atoms with van der Waals surface area (Å²) < 4.78 is 6.00. The predicted octanol–water partition coefficient (Wildman–Crippen LogP) is 5.26. The van der Waals surface area contributed by atoms with Crippen LogP contribution in [0.5, 0.6) is 5.75 Å². The molecule has 0 aliphatic rings. The number of aromatic nitrogens is 2. The van der Waals surface area contributed by atoms with Crippen LogP contribution in [0.2, 0.25) is 5.02 Å². The quantitative estimate of drug-likeness (QED) is 0.271. The molecular formula is C23H18ClN3O2. The number of halogens is 1. The number of oxime groups is 1. The highest BCUT2D eigenvalue weighted by Crippen LogP contribution is 2.21. The van der Waals surface area contributed by atoms with Gasteiger partial charge >= 0.3 is 0 Å². The molecule has 0 aliphatic heterocycles. The van der Waals surface area contributed by atoms with E-state index in [4.69, 9.17) is 31.5 Å². The van der Waals surface area contributed by atoms with Gasteiger partial charge in [-0.3, -0.25) is 0 Å². The molecule has 1 heterocycles. The normalized spacial score (nSPS) is 11.2. The number of fused-ring (bicyclic) bond motifs is 1. The molecule has 3 aromatic carbocycles. The molecule has 1 aromatic heterocycles. The first-order chi connectivity index (χ1) is 14.2. The van der Waals surface area contributed by atoms with Crippen LogP contribution >= 0.6 is 11.6 Å². The fourth-order valence-electron chi connectivity index (χ4n) is 3.05. The molecule has 4 rings (SSSR count). The summed E-state index contributed by atoms with van der Waals surface area (Å²) in [5.41, 5.74) is 5.04. The monoisotopic (exact) mass is 403 g/mol. The minimum absolute atomic E-state index is 0.247. The van der Waals surface area contributed by atoms with Gasteiger partial charge in [-0.2, -0.15) is 0 Å². The molecule has 0 atom stereocenters. The van der Waals surface area contributed by atoms with E-state index in [1.165, 1.54) is 6.21 Å². The van der Waals surface area contributed by atoms with Gasteiger partial charge in [-0.1, -0.05) is 53.2 Å². The standard InChI is InChI=1S/C23H18ClN3O2/c24-18-11-9-16(10-12-18)13-21-22(27-20-7-3-2-6-19(20)26-21)15-29-23-8-4-1-5-17(23)14-25-28/h1-12,14,28H,13,15H2/b25-14+. The molecule has 0 saturated heterocycles. The van der Waals surface area contributed by atoms with Crippen LogP contribution in [0.15, 0.2) is 78.0 Å². The lowest BCUT2D eigenvalue weighted by Gasteiger charge is -2.13. The Morgan fingerprint density at radius 2 is 1.52 bits per heavy atom. The number of nitrogens with zero attached hydrogens (tertiary/aromatic N) is 3. The molecule has 0 aliphatic carbocycles. The number of ether oxygens (including phenoxy) is 1. The molecule has 0 bridgehead atoms. The molecule has 0 saturated carbocycles. The second-order valence-electron chi connectivity index (χ2n) is 6.48. The van der Waals surface area contributed by atoms with E-state index < -0.39 is 0 Å². The largest absolute Gasteiger partial charge is 0.487 e. The van der Waals surface area contributed by atoms with Gasteiger partial charge in [-0.05, 0) is 42.0 Å². The van der Waals surface area contributed by atoms with E-state index in [2.05, 4.69) is 5.16 Å². The van der Waals surface area contributed by atoms with Crippen LogP contribution in [0.1, 0.15) is 22.5 Å². The molecular weight excluding hydrogens is 386 g/mol. The minimum atomic E-state index is 0.247. The lowest BCUT2D eigenvalue weighted by atomic mass is 10.1. The van der Waals surface area contributed by atoms with E-state index in [0.717, 1.165) is 28.0 Å². The zero-order valence-corrected chi connectivity index (χ0v) is 16.3. The van der Waals surface area contributed by atoms with Gasteiger partial charge in [0.05, 0.1) is 22.9 Å². The van der Waals surface area contributed by atoms with Crippen LogP contribution in [-0.4, -0.2) is 21.4 Å². The van der Waals surface area contributed by atoms with Crippen molar-refractivity contribution in [2.24, 2.45) is 5.16 Å². The average Bonchev–Trinajstić information content (AvgIpc) is 2.75. The van der Waals surface area contributed by atoms with E-state index in [9.17, 15) is 0 Å². The van der Waals surface area contributed by atoms with Gasteiger partial charge in [0.25, 0.3) is 0 Å². The first kappa shape index (κ1) is 18.9. The van der Waals surface area contributed by atoms with Gasteiger partial charge in [0.2, 0.25) is 0 Å². The summed E-state index contributed by atoms with van der Waals surface area (Å²) in [4.78, 5) is 9.61. The summed E-state index contributed by atoms with van der Waals surface area (Å²) in [6, 6.07) is 22.8. The van der Waals surface area contributed by atoms with E-state index in [1.54, 1.807) is 0 Å². The molecule has 0 amide bonds. The Balaban J connectivity index is 1.67. The third-order valence-corrected chi connectivity index (χ3v) is 4.74. The lowest BCUT2D eigenvalue weighted by Crippen LogP contribution is -2.08. The van der Waals surface area contributed by atoms with Crippen molar-refractivity contribution in [3.63, 3.8) is 0 Å². The van der Waals surface area contributed by atoms with Crippen molar-refractivity contribution in [1.82, 2.24) is 9.97 Å². The summed E-state index contributed by atoms with van der Waals surface area (Å²) >= 11 is 6.01. The van der Waals surface area contributed by atoms with Crippen molar-refractivity contribution in [3.05, 3.63) is 100 Å². The summed E-state index contributed by atoms with van der Waals surface area (Å²) in [7, 11) is 0. The number of hydrogen-bond donors (Lipinski definition) is 1. The summed E-state index contributed by atoms with van der Waals surface area (Å²) in [6.45, 7) is 0.247. The molecule has 144 valence electrons. The van der Waals surface area contributed by atoms with Crippen molar-refractivity contribution in [1.29, 1.82) is 0 Å². The molecule has 0 radical (unpaired) electrons. The van der Waals surface area contributed by atoms with Gasteiger partial charge in [0.1, 0.15) is 18.1 Å². The number of benzene rings is 3. The molecule has 29 heavy (non-hydrogen) atoms. The fraction of sp³-hybridized carbons (Fsp3) is 0.0870. The first-order valence-corrected chi connectivity index (χ1v) is 9.49. The van der Waals surface area contributed by atoms with E-state index in [0.29, 0.717) is 22.8 Å². The van der Waals surface area contributed by atoms with Gasteiger partial charge in [0, 0.05) is 17.0 Å². The molecule has 0 fully saturated rings. The average molecular weight is 404 g/mol. The zero-order chi connectivity index (χ0) is 20.1. The minimum Gasteiger partial charge on any atom is -0.487 e. The highest BCUT2D eigenvalue weighted by atomic mass is 35.5. The molecule has 6 heteroatoms. The number of para-hydroxylation sites is 3. The Hall–Kier alpha value is -3.44. The third kappa shape index (κ3) is 4.52. The molecule has 0 spiro atoms. The Kier molecular flexibility index (Phi) is 5.68. The number of hydrogen-bond acceptors (Lipinski definition) is 5. The Bertz CT molecular complexity index is 1160. The summed E-state index contributed by atoms with van der Waals surface area (Å²) in [5, 5.41) is 12.7. The van der Waals surface area contributed by atoms with Crippen LogP contribution in [0.4, 0.5) is 0 Å². The Morgan fingerprint density at radius 3 is 2.24 bits per heavy atom. The molecule has 0 unspecified atom stereocenters. The van der Waals surface area contributed by atoms with E-state index in [-0.39, 0.29) is 6.61 Å². The van der Waals surface area contributed by atoms with E-state index in [1.807, 2.05) is 72.8 Å². The third-order valence-electron chi connectivity index (χ3n) is 4.49. The van der Waals surface area contributed by atoms with Crippen molar-refractivity contribution in [3.8, 4) is 5.75 Å².